The Morgan fingerprint density at radius 1 is 1.25 bits per heavy atom. The summed E-state index contributed by atoms with van der Waals surface area (Å²) < 4.78 is 1.59. The predicted molar refractivity (Wildman–Crippen MR) is 77.7 cm³/mol. The number of aromatic nitrogens is 2. The van der Waals surface area contributed by atoms with E-state index in [1.807, 2.05) is 30.3 Å². The van der Waals surface area contributed by atoms with E-state index < -0.39 is 0 Å². The molecule has 20 heavy (non-hydrogen) atoms. The van der Waals surface area contributed by atoms with Crippen molar-refractivity contribution in [2.24, 2.45) is 0 Å². The molecule has 0 radical (unpaired) electrons. The summed E-state index contributed by atoms with van der Waals surface area (Å²) in [5.41, 5.74) is 7.35. The Kier molecular flexibility index (Phi) is 3.41. The third-order valence-electron chi connectivity index (χ3n) is 3.74. The number of hydrogen-bond acceptors (Lipinski definition) is 3. The third-order valence-corrected chi connectivity index (χ3v) is 3.74. The Morgan fingerprint density at radius 3 is 2.65 bits per heavy atom. The van der Waals surface area contributed by atoms with Crippen LogP contribution in [0.1, 0.15) is 36.0 Å². The molecule has 5 nitrogen and oxygen atoms in total. The molecular formula is C15H18N4O. The van der Waals surface area contributed by atoms with E-state index in [4.69, 9.17) is 5.73 Å². The summed E-state index contributed by atoms with van der Waals surface area (Å²) in [4.78, 5) is 12.2. The minimum atomic E-state index is -0.128. The number of nitrogens with zero attached hydrogens (tertiary/aromatic N) is 2. The SMILES string of the molecule is Nc1c(C(=O)NC2CCCC2)cnn1-c1ccccc1. The van der Waals surface area contributed by atoms with E-state index in [0.717, 1.165) is 18.5 Å². The van der Waals surface area contributed by atoms with E-state index in [9.17, 15) is 4.79 Å². The molecule has 1 heterocycles. The van der Waals surface area contributed by atoms with Gasteiger partial charge in [-0.25, -0.2) is 4.68 Å². The quantitative estimate of drug-likeness (QED) is 0.897. The maximum absolute atomic E-state index is 12.2. The smallest absolute Gasteiger partial charge is 0.256 e. The van der Waals surface area contributed by atoms with Gasteiger partial charge >= 0.3 is 0 Å². The van der Waals surface area contributed by atoms with Crippen LogP contribution in [0, 0.1) is 0 Å². The van der Waals surface area contributed by atoms with Crippen LogP contribution in [0.5, 0.6) is 0 Å². The topological polar surface area (TPSA) is 72.9 Å². The molecule has 1 aliphatic rings. The summed E-state index contributed by atoms with van der Waals surface area (Å²) in [6.45, 7) is 0. The minimum Gasteiger partial charge on any atom is -0.383 e. The standard InChI is InChI=1S/C15H18N4O/c16-14-13(15(20)18-11-6-4-5-7-11)10-17-19(14)12-8-2-1-3-9-12/h1-3,8-11H,4-7,16H2,(H,18,20). The van der Waals surface area contributed by atoms with Gasteiger partial charge in [0.05, 0.1) is 11.9 Å². The highest BCUT2D eigenvalue weighted by Crippen LogP contribution is 2.20. The number of nitrogens with two attached hydrogens (primary N) is 1. The van der Waals surface area contributed by atoms with Crippen molar-refractivity contribution in [3.05, 3.63) is 42.1 Å². The Bertz CT molecular complexity index is 600. The van der Waals surface area contributed by atoms with Crippen LogP contribution in [0.4, 0.5) is 5.82 Å². The van der Waals surface area contributed by atoms with Crippen LogP contribution in [0.25, 0.3) is 5.69 Å². The second-order valence-electron chi connectivity index (χ2n) is 5.15. The maximum atomic E-state index is 12.2. The first kappa shape index (κ1) is 12.7. The van der Waals surface area contributed by atoms with Gasteiger partial charge in [0, 0.05) is 6.04 Å². The fourth-order valence-electron chi connectivity index (χ4n) is 2.64. The van der Waals surface area contributed by atoms with Crippen molar-refractivity contribution in [2.45, 2.75) is 31.7 Å². The minimum absolute atomic E-state index is 0.128. The summed E-state index contributed by atoms with van der Waals surface area (Å²) in [6.07, 6.45) is 6.01. The zero-order chi connectivity index (χ0) is 13.9. The molecule has 0 bridgehead atoms. The summed E-state index contributed by atoms with van der Waals surface area (Å²) in [5.74, 6) is 0.253. The van der Waals surface area contributed by atoms with E-state index in [1.54, 1.807) is 4.68 Å². The fourth-order valence-corrected chi connectivity index (χ4v) is 2.64. The second kappa shape index (κ2) is 5.36. The molecule has 3 rings (SSSR count). The van der Waals surface area contributed by atoms with Crippen LogP contribution in [0.2, 0.25) is 0 Å². The normalized spacial score (nSPS) is 15.4. The van der Waals surface area contributed by atoms with Gasteiger partial charge in [-0.2, -0.15) is 5.10 Å². The van der Waals surface area contributed by atoms with Crippen molar-refractivity contribution < 1.29 is 4.79 Å². The highest BCUT2D eigenvalue weighted by molar-refractivity contribution is 5.98. The molecule has 0 saturated heterocycles. The summed E-state index contributed by atoms with van der Waals surface area (Å²) in [7, 11) is 0. The van der Waals surface area contributed by atoms with Crippen LogP contribution in [0.3, 0.4) is 0 Å². The van der Waals surface area contributed by atoms with Gasteiger partial charge in [-0.1, -0.05) is 31.0 Å². The number of hydrogen-bond donors (Lipinski definition) is 2. The van der Waals surface area contributed by atoms with Gasteiger partial charge in [-0.05, 0) is 25.0 Å². The largest absolute Gasteiger partial charge is 0.383 e. The lowest BCUT2D eigenvalue weighted by atomic mass is 10.2. The van der Waals surface area contributed by atoms with Crippen LogP contribution in [-0.4, -0.2) is 21.7 Å². The van der Waals surface area contributed by atoms with Gasteiger partial charge < -0.3 is 11.1 Å². The Morgan fingerprint density at radius 2 is 1.95 bits per heavy atom. The first-order valence-electron chi connectivity index (χ1n) is 6.95. The molecule has 5 heteroatoms. The van der Waals surface area contributed by atoms with Gasteiger partial charge in [-0.15, -0.1) is 0 Å². The van der Waals surface area contributed by atoms with Crippen LogP contribution in [0.15, 0.2) is 36.5 Å². The van der Waals surface area contributed by atoms with Gasteiger partial charge in [0.25, 0.3) is 5.91 Å². The average Bonchev–Trinajstić information content (AvgIpc) is 3.09. The second-order valence-corrected chi connectivity index (χ2v) is 5.15. The van der Waals surface area contributed by atoms with E-state index in [-0.39, 0.29) is 11.9 Å². The van der Waals surface area contributed by atoms with Crippen molar-refractivity contribution >= 4 is 11.7 Å². The van der Waals surface area contributed by atoms with Gasteiger partial charge in [-0.3, -0.25) is 4.79 Å². The number of carbonyl (C=O) groups excluding carboxylic acids is 1. The van der Waals surface area contributed by atoms with Crippen LogP contribution < -0.4 is 11.1 Å². The summed E-state index contributed by atoms with van der Waals surface area (Å²) in [5, 5.41) is 7.24. The molecule has 2 aromatic rings. The van der Waals surface area contributed by atoms with Crippen LogP contribution >= 0.6 is 0 Å². The van der Waals surface area contributed by atoms with Crippen molar-refractivity contribution in [1.29, 1.82) is 0 Å². The highest BCUT2D eigenvalue weighted by atomic mass is 16.1. The molecule has 3 N–H and O–H groups in total. The van der Waals surface area contributed by atoms with Crippen molar-refractivity contribution in [3.8, 4) is 5.69 Å². The number of amides is 1. The number of anilines is 1. The lowest BCUT2D eigenvalue weighted by Crippen LogP contribution is -2.32. The predicted octanol–water partition coefficient (Wildman–Crippen LogP) is 2.13. The molecule has 1 aromatic heterocycles. The molecule has 104 valence electrons. The fraction of sp³-hybridized carbons (Fsp3) is 0.333. The molecular weight excluding hydrogens is 252 g/mol. The highest BCUT2D eigenvalue weighted by Gasteiger charge is 2.21. The van der Waals surface area contributed by atoms with Gasteiger partial charge in [0.1, 0.15) is 11.4 Å². The zero-order valence-corrected chi connectivity index (χ0v) is 11.2. The number of nitrogen functional groups attached to an aromatic ring is 1. The third kappa shape index (κ3) is 2.39. The van der Waals surface area contributed by atoms with E-state index in [1.165, 1.54) is 19.0 Å². The molecule has 0 spiro atoms. The Balaban J connectivity index is 1.81. The Hall–Kier alpha value is -2.30. The molecule has 1 aromatic carbocycles. The number of carbonyl (C=O) groups is 1. The van der Waals surface area contributed by atoms with Crippen LogP contribution in [-0.2, 0) is 0 Å². The zero-order valence-electron chi connectivity index (χ0n) is 11.2. The lowest BCUT2D eigenvalue weighted by Gasteiger charge is -2.11. The molecule has 1 amide bonds. The molecule has 1 aliphatic carbocycles. The number of nitrogens with one attached hydrogen (secondary N) is 1. The molecule has 0 atom stereocenters. The Labute approximate surface area is 117 Å². The first-order chi connectivity index (χ1) is 9.75. The van der Waals surface area contributed by atoms with E-state index in [2.05, 4.69) is 10.4 Å². The van der Waals surface area contributed by atoms with Crippen molar-refractivity contribution in [2.75, 3.05) is 5.73 Å². The molecule has 0 unspecified atom stereocenters. The van der Waals surface area contributed by atoms with Crippen molar-refractivity contribution in [1.82, 2.24) is 15.1 Å². The van der Waals surface area contributed by atoms with Gasteiger partial charge in [0.2, 0.25) is 0 Å². The molecule has 1 saturated carbocycles. The first-order valence-corrected chi connectivity index (χ1v) is 6.95. The number of benzene rings is 1. The van der Waals surface area contributed by atoms with E-state index in [0.29, 0.717) is 11.4 Å². The molecule has 1 fully saturated rings. The number of rotatable bonds is 3. The average molecular weight is 270 g/mol. The van der Waals surface area contributed by atoms with Gasteiger partial charge in [0.15, 0.2) is 0 Å². The summed E-state index contributed by atoms with van der Waals surface area (Å²) in [6, 6.07) is 9.84. The number of para-hydroxylation sites is 1. The van der Waals surface area contributed by atoms with Crippen molar-refractivity contribution in [3.63, 3.8) is 0 Å². The maximum Gasteiger partial charge on any atom is 0.256 e. The summed E-state index contributed by atoms with van der Waals surface area (Å²) >= 11 is 0. The monoisotopic (exact) mass is 270 g/mol. The molecule has 0 aliphatic heterocycles. The lowest BCUT2D eigenvalue weighted by molar-refractivity contribution is 0.0939. The van der Waals surface area contributed by atoms with E-state index >= 15 is 0 Å².